The Morgan fingerprint density at radius 2 is 2.29 bits per heavy atom. The first-order valence-corrected chi connectivity index (χ1v) is 8.28. The summed E-state index contributed by atoms with van der Waals surface area (Å²) in [7, 11) is 0. The fraction of sp³-hybridized carbons (Fsp3) is 0.421. The first kappa shape index (κ1) is 18.1. The van der Waals surface area contributed by atoms with Crippen LogP contribution in [0.5, 0.6) is 0 Å². The monoisotopic (exact) mass is 326 g/mol. The van der Waals surface area contributed by atoms with Crippen molar-refractivity contribution in [2.45, 2.75) is 20.3 Å². The minimum Gasteiger partial charge on any atom is -0.369 e. The van der Waals surface area contributed by atoms with Crippen LogP contribution in [-0.4, -0.2) is 41.6 Å². The maximum Gasteiger partial charge on any atom is 0.231 e. The van der Waals surface area contributed by atoms with E-state index in [-0.39, 0.29) is 18.4 Å². The molecule has 2 atom stereocenters. The van der Waals surface area contributed by atoms with Crippen molar-refractivity contribution in [1.29, 1.82) is 5.41 Å². The van der Waals surface area contributed by atoms with E-state index in [4.69, 9.17) is 11.1 Å². The van der Waals surface area contributed by atoms with Gasteiger partial charge in [-0.25, -0.2) is 0 Å². The summed E-state index contributed by atoms with van der Waals surface area (Å²) < 4.78 is 0. The third kappa shape index (κ3) is 4.17. The second-order valence-electron chi connectivity index (χ2n) is 6.51. The smallest absolute Gasteiger partial charge is 0.231 e. The lowest BCUT2D eigenvalue weighted by Gasteiger charge is -2.37. The Morgan fingerprint density at radius 3 is 2.92 bits per heavy atom. The third-order valence-electron chi connectivity index (χ3n) is 4.50. The molecule has 0 aromatic carbocycles. The number of carbonyl (C=O) groups excluding carboxylic acids is 1. The molecule has 1 aliphatic rings. The Kier molecular flexibility index (Phi) is 6.04. The van der Waals surface area contributed by atoms with Crippen molar-refractivity contribution in [3.05, 3.63) is 42.2 Å². The van der Waals surface area contributed by atoms with E-state index in [0.29, 0.717) is 5.92 Å². The van der Waals surface area contributed by atoms with E-state index in [2.05, 4.69) is 23.4 Å². The van der Waals surface area contributed by atoms with Crippen LogP contribution >= 0.6 is 0 Å². The van der Waals surface area contributed by atoms with E-state index in [9.17, 15) is 4.79 Å². The number of rotatable bonds is 6. The molecule has 1 aromatic rings. The second-order valence-corrected chi connectivity index (χ2v) is 6.51. The van der Waals surface area contributed by atoms with Crippen LogP contribution in [0.15, 0.2) is 31.0 Å². The van der Waals surface area contributed by atoms with E-state index < -0.39 is 0 Å². The zero-order valence-corrected chi connectivity index (χ0v) is 14.5. The van der Waals surface area contributed by atoms with Gasteiger partial charge in [0.25, 0.3) is 0 Å². The van der Waals surface area contributed by atoms with Crippen molar-refractivity contribution in [2.75, 3.05) is 19.6 Å². The minimum atomic E-state index is -0.296. The van der Waals surface area contributed by atoms with Crippen molar-refractivity contribution in [2.24, 2.45) is 17.6 Å². The van der Waals surface area contributed by atoms with Crippen LogP contribution < -0.4 is 5.73 Å². The molecule has 2 heterocycles. The topological polar surface area (TPSA) is 83.1 Å². The lowest BCUT2D eigenvalue weighted by Crippen LogP contribution is -2.44. The molecule has 0 radical (unpaired) electrons. The zero-order chi connectivity index (χ0) is 17.7. The summed E-state index contributed by atoms with van der Waals surface area (Å²) in [6, 6.07) is 3.91. The summed E-state index contributed by atoms with van der Waals surface area (Å²) in [5, 5.41) is 7.60. The van der Waals surface area contributed by atoms with E-state index >= 15 is 0 Å². The summed E-state index contributed by atoms with van der Waals surface area (Å²) in [6.45, 7) is 10.4. The predicted molar refractivity (Wildman–Crippen MR) is 98.6 cm³/mol. The normalized spacial score (nSPS) is 22.2. The van der Waals surface area contributed by atoms with Gasteiger partial charge in [-0.1, -0.05) is 25.6 Å². The number of likely N-dealkylation sites (tertiary alicyclic amines) is 1. The Balaban J connectivity index is 2.28. The van der Waals surface area contributed by atoms with Crippen LogP contribution in [0.1, 0.15) is 31.5 Å². The molecule has 0 bridgehead atoms. The molecule has 1 saturated heterocycles. The van der Waals surface area contributed by atoms with Gasteiger partial charge in [-0.05, 0) is 36.8 Å². The summed E-state index contributed by atoms with van der Waals surface area (Å²) in [4.78, 5) is 17.8. The highest BCUT2D eigenvalue weighted by Gasteiger charge is 2.28. The first-order chi connectivity index (χ1) is 11.5. The van der Waals surface area contributed by atoms with E-state index in [1.165, 1.54) is 6.21 Å². The molecule has 0 unspecified atom stereocenters. The van der Waals surface area contributed by atoms with Crippen LogP contribution in [0.2, 0.25) is 0 Å². The van der Waals surface area contributed by atoms with Crippen molar-refractivity contribution in [3.8, 4) is 0 Å². The molecule has 5 nitrogen and oxygen atoms in total. The highest BCUT2D eigenvalue weighted by atomic mass is 16.1. The molecule has 0 aliphatic carbocycles. The van der Waals surface area contributed by atoms with Crippen LogP contribution in [0.4, 0.5) is 0 Å². The van der Waals surface area contributed by atoms with Gasteiger partial charge in [0.05, 0.1) is 12.2 Å². The molecule has 0 spiro atoms. The van der Waals surface area contributed by atoms with Crippen LogP contribution in [0.3, 0.4) is 0 Å². The van der Waals surface area contributed by atoms with Crippen molar-refractivity contribution in [3.63, 3.8) is 0 Å². The number of aromatic nitrogens is 1. The molecule has 2 rings (SSSR count). The fourth-order valence-electron chi connectivity index (χ4n) is 3.47. The van der Waals surface area contributed by atoms with E-state index in [1.54, 1.807) is 6.20 Å². The number of nitrogens with zero attached hydrogens (tertiary/aromatic N) is 2. The predicted octanol–water partition coefficient (Wildman–Crippen LogP) is 2.59. The highest BCUT2D eigenvalue weighted by molar-refractivity contribution is 6.09. The number of hydrogen-bond donors (Lipinski definition) is 2. The molecule has 1 aliphatic heterocycles. The van der Waals surface area contributed by atoms with Gasteiger partial charge >= 0.3 is 0 Å². The molecule has 1 amide bonds. The molecule has 24 heavy (non-hydrogen) atoms. The average Bonchev–Trinajstić information content (AvgIpc) is 2.54. The fourth-order valence-corrected chi connectivity index (χ4v) is 3.47. The largest absolute Gasteiger partial charge is 0.369 e. The highest BCUT2D eigenvalue weighted by Crippen LogP contribution is 2.34. The number of pyridine rings is 1. The number of carbonyl (C=O) groups is 1. The van der Waals surface area contributed by atoms with Crippen molar-refractivity contribution in [1.82, 2.24) is 9.88 Å². The summed E-state index contributed by atoms with van der Waals surface area (Å²) in [5.41, 5.74) is 8.92. The Hall–Kier alpha value is -2.27. The Morgan fingerprint density at radius 1 is 1.54 bits per heavy atom. The van der Waals surface area contributed by atoms with E-state index in [1.807, 2.05) is 25.1 Å². The van der Waals surface area contributed by atoms with Gasteiger partial charge in [-0.2, -0.15) is 0 Å². The molecule has 128 valence electrons. The lowest BCUT2D eigenvalue weighted by atomic mass is 9.82. The molecule has 0 saturated carbocycles. The SMILES string of the molecule is C=C(c1cccnc1/C(C=N)=C\C)[C@H]1C[C@H](C)CN(CC(N)=O)C1. The van der Waals surface area contributed by atoms with Gasteiger partial charge in [-0.15, -0.1) is 0 Å². The second kappa shape index (κ2) is 8.02. The Bertz CT molecular complexity index is 665. The Labute approximate surface area is 143 Å². The van der Waals surface area contributed by atoms with Crippen LogP contribution in [0, 0.1) is 17.2 Å². The van der Waals surface area contributed by atoms with Gasteiger partial charge in [0.1, 0.15) is 0 Å². The number of primary amides is 1. The molecule has 1 aromatic heterocycles. The van der Waals surface area contributed by atoms with Gasteiger partial charge in [-0.3, -0.25) is 14.7 Å². The van der Waals surface area contributed by atoms with Crippen molar-refractivity contribution >= 4 is 23.3 Å². The number of allylic oxidation sites excluding steroid dienone is 2. The first-order valence-electron chi connectivity index (χ1n) is 8.28. The molecular weight excluding hydrogens is 300 g/mol. The number of amides is 1. The summed E-state index contributed by atoms with van der Waals surface area (Å²) >= 11 is 0. The van der Waals surface area contributed by atoms with Gasteiger partial charge in [0.15, 0.2) is 0 Å². The molecular formula is C19H26N4O. The number of nitrogens with one attached hydrogen (secondary N) is 1. The third-order valence-corrected chi connectivity index (χ3v) is 4.50. The summed E-state index contributed by atoms with van der Waals surface area (Å²) in [5.74, 6) is 0.430. The summed E-state index contributed by atoms with van der Waals surface area (Å²) in [6.07, 6.45) is 5.97. The van der Waals surface area contributed by atoms with Gasteiger partial charge in [0, 0.05) is 36.6 Å². The van der Waals surface area contributed by atoms with E-state index in [0.717, 1.165) is 41.9 Å². The molecule has 1 fully saturated rings. The number of hydrogen-bond acceptors (Lipinski definition) is 4. The quantitative estimate of drug-likeness (QED) is 0.788. The minimum absolute atomic E-state index is 0.250. The van der Waals surface area contributed by atoms with Crippen LogP contribution in [0.25, 0.3) is 11.1 Å². The standard InChI is InChI=1S/C19H26N4O/c1-4-15(9-20)19-17(6-5-7-22-19)14(3)16-8-13(2)10-23(11-16)12-18(21)24/h4-7,9,13,16,20H,3,8,10-12H2,1-2H3,(H2,21,24)/b15-4-,20-9?/t13-,16-/m0/s1. The van der Waals surface area contributed by atoms with Crippen molar-refractivity contribution < 1.29 is 4.79 Å². The van der Waals surface area contributed by atoms with Gasteiger partial charge < -0.3 is 11.1 Å². The maximum atomic E-state index is 11.3. The maximum absolute atomic E-state index is 11.3. The molecule has 3 N–H and O–H groups in total. The zero-order valence-electron chi connectivity index (χ0n) is 14.5. The number of nitrogens with two attached hydrogens (primary N) is 1. The molecule has 5 heteroatoms. The van der Waals surface area contributed by atoms with Gasteiger partial charge in [0.2, 0.25) is 5.91 Å². The number of piperidine rings is 1. The lowest BCUT2D eigenvalue weighted by molar-refractivity contribution is -0.119. The average molecular weight is 326 g/mol. The van der Waals surface area contributed by atoms with Crippen LogP contribution in [-0.2, 0) is 4.79 Å².